The molecular formula is C26H24F6N10O10S2. The first-order chi connectivity index (χ1) is 25.1. The average Bonchev–Trinajstić information content (AvgIpc) is 3.10. The zero-order chi connectivity index (χ0) is 40.5. The predicted octanol–water partition coefficient (Wildman–Crippen LogP) is 2.84. The highest BCUT2D eigenvalue weighted by atomic mass is 32.2. The van der Waals surface area contributed by atoms with Crippen LogP contribution in [0.4, 0.5) is 47.8 Å². The zero-order valence-electron chi connectivity index (χ0n) is 27.5. The molecule has 0 spiro atoms. The molecule has 0 aliphatic heterocycles. The number of pyridine rings is 2. The first-order valence-corrected chi connectivity index (χ1v) is 16.8. The van der Waals surface area contributed by atoms with E-state index < -0.39 is 77.5 Å². The lowest BCUT2D eigenvalue weighted by Gasteiger charge is -2.13. The lowest BCUT2D eigenvalue weighted by atomic mass is 10.3. The van der Waals surface area contributed by atoms with Gasteiger partial charge in [-0.2, -0.15) is 63.1 Å². The van der Waals surface area contributed by atoms with Crippen LogP contribution in [0.15, 0.2) is 58.8 Å². The van der Waals surface area contributed by atoms with Crippen LogP contribution >= 0.6 is 0 Å². The van der Waals surface area contributed by atoms with Gasteiger partial charge < -0.3 is 18.9 Å². The number of nitrogens with zero attached hydrogens (tertiary/aromatic N) is 6. The molecule has 4 rings (SSSR count). The van der Waals surface area contributed by atoms with Crippen LogP contribution < -0.4 is 39.0 Å². The molecule has 54 heavy (non-hydrogen) atoms. The first-order valence-electron chi connectivity index (χ1n) is 13.8. The first kappa shape index (κ1) is 42.1. The number of alkyl halides is 6. The second kappa shape index (κ2) is 17.0. The lowest BCUT2D eigenvalue weighted by molar-refractivity contribution is -0.141. The quantitative estimate of drug-likeness (QED) is 0.168. The van der Waals surface area contributed by atoms with Gasteiger partial charge in [0, 0.05) is 12.4 Å². The van der Waals surface area contributed by atoms with Gasteiger partial charge in [-0.15, -0.1) is 0 Å². The van der Waals surface area contributed by atoms with Crippen molar-refractivity contribution in [2.45, 2.75) is 22.4 Å². The van der Waals surface area contributed by atoms with Gasteiger partial charge in [0.25, 0.3) is 20.0 Å². The monoisotopic (exact) mass is 814 g/mol. The van der Waals surface area contributed by atoms with Crippen molar-refractivity contribution in [3.05, 3.63) is 59.9 Å². The average molecular weight is 815 g/mol. The van der Waals surface area contributed by atoms with E-state index in [0.29, 0.717) is 12.1 Å². The van der Waals surface area contributed by atoms with Crippen molar-refractivity contribution in [2.75, 3.05) is 39.1 Å². The summed E-state index contributed by atoms with van der Waals surface area (Å²) >= 11 is 0. The van der Waals surface area contributed by atoms with Crippen LogP contribution in [-0.4, -0.2) is 87.2 Å². The van der Waals surface area contributed by atoms with Gasteiger partial charge in [-0.05, 0) is 24.3 Å². The molecule has 0 aromatic carbocycles. The number of methoxy groups -OCH3 is 4. The Hall–Kier alpha value is -6.32. The van der Waals surface area contributed by atoms with Crippen molar-refractivity contribution in [1.29, 1.82) is 0 Å². The van der Waals surface area contributed by atoms with E-state index in [2.05, 4.69) is 29.9 Å². The Morgan fingerprint density at radius 2 is 0.870 bits per heavy atom. The number of amides is 4. The van der Waals surface area contributed by atoms with E-state index in [9.17, 15) is 52.8 Å². The fourth-order valence-electron chi connectivity index (χ4n) is 3.57. The summed E-state index contributed by atoms with van der Waals surface area (Å²) in [6.07, 6.45) is -8.29. The molecule has 292 valence electrons. The van der Waals surface area contributed by atoms with Crippen LogP contribution in [0.1, 0.15) is 11.1 Å². The van der Waals surface area contributed by atoms with Crippen molar-refractivity contribution in [3.8, 4) is 23.5 Å². The zero-order valence-corrected chi connectivity index (χ0v) is 29.1. The number of nitrogens with one attached hydrogen (secondary N) is 4. The summed E-state index contributed by atoms with van der Waals surface area (Å²) in [5.74, 6) is -0.853. The Balaban J connectivity index is 0.000000290. The number of hydrogen-bond donors (Lipinski definition) is 4. The standard InChI is InChI=1S/2C13H12F3N5O5S/c2*1-25-8-6-9(26-2)19-11(18-8)20-12(22)21-27(23,24)10-7(13(14,15)16)4-3-5-17-10/h2*3-6H,1-2H3,(H2,18,19,20,21,22). The molecule has 4 N–H and O–H groups in total. The summed E-state index contributed by atoms with van der Waals surface area (Å²) in [5.41, 5.74) is -3.05. The Morgan fingerprint density at radius 3 is 1.13 bits per heavy atom. The fraction of sp³-hybridized carbons (Fsp3) is 0.231. The molecule has 0 unspecified atom stereocenters. The highest BCUT2D eigenvalue weighted by Gasteiger charge is 2.40. The van der Waals surface area contributed by atoms with Gasteiger partial charge in [-0.3, -0.25) is 10.6 Å². The molecular weight excluding hydrogens is 790 g/mol. The van der Waals surface area contributed by atoms with Gasteiger partial charge in [0.15, 0.2) is 10.1 Å². The maximum atomic E-state index is 12.9. The maximum absolute atomic E-state index is 12.9. The molecule has 0 fully saturated rings. The molecule has 0 aliphatic carbocycles. The molecule has 0 bridgehead atoms. The second-order valence-corrected chi connectivity index (χ2v) is 12.6. The minimum absolute atomic E-state index is 0.0101. The number of halogens is 6. The smallest absolute Gasteiger partial charge is 0.419 e. The van der Waals surface area contributed by atoms with Crippen LogP contribution in [0.3, 0.4) is 0 Å². The van der Waals surface area contributed by atoms with E-state index in [0.717, 1.165) is 24.5 Å². The molecule has 0 saturated heterocycles. The molecule has 4 heterocycles. The third-order valence-electron chi connectivity index (χ3n) is 5.76. The molecule has 20 nitrogen and oxygen atoms in total. The Morgan fingerprint density at radius 1 is 0.574 bits per heavy atom. The molecule has 0 atom stereocenters. The third kappa shape index (κ3) is 11.3. The molecule has 4 aromatic rings. The highest BCUT2D eigenvalue weighted by molar-refractivity contribution is 7.90. The van der Waals surface area contributed by atoms with Crippen LogP contribution in [0.2, 0.25) is 0 Å². The summed E-state index contributed by atoms with van der Waals surface area (Å²) < 4.78 is 148. The summed E-state index contributed by atoms with van der Waals surface area (Å²) in [4.78, 5) is 45.1. The van der Waals surface area contributed by atoms with E-state index in [1.54, 1.807) is 0 Å². The number of carbonyl (C=O) groups is 2. The van der Waals surface area contributed by atoms with Crippen LogP contribution in [0.5, 0.6) is 23.5 Å². The van der Waals surface area contributed by atoms with Gasteiger partial charge in [-0.25, -0.2) is 29.0 Å². The Bertz CT molecular complexity index is 2010. The highest BCUT2D eigenvalue weighted by Crippen LogP contribution is 2.34. The largest absolute Gasteiger partial charge is 0.481 e. The van der Waals surface area contributed by atoms with Crippen LogP contribution in [0.25, 0.3) is 0 Å². The number of sulfonamides is 2. The van der Waals surface area contributed by atoms with Gasteiger partial charge in [-0.1, -0.05) is 0 Å². The van der Waals surface area contributed by atoms with Crippen molar-refractivity contribution in [1.82, 2.24) is 39.3 Å². The summed E-state index contributed by atoms with van der Waals surface area (Å²) in [6, 6.07) is 2.61. The molecule has 4 amide bonds. The summed E-state index contributed by atoms with van der Waals surface area (Å²) in [6.45, 7) is 0. The number of hydrogen-bond acceptors (Lipinski definition) is 16. The predicted molar refractivity (Wildman–Crippen MR) is 167 cm³/mol. The summed E-state index contributed by atoms with van der Waals surface area (Å²) in [5, 5.41) is 1.21. The second-order valence-electron chi connectivity index (χ2n) is 9.38. The number of ether oxygens (including phenoxy) is 4. The van der Waals surface area contributed by atoms with E-state index >= 15 is 0 Å². The number of anilines is 2. The van der Waals surface area contributed by atoms with Crippen LogP contribution in [-0.2, 0) is 32.4 Å². The number of urea groups is 2. The lowest BCUT2D eigenvalue weighted by Crippen LogP contribution is -2.36. The van der Waals surface area contributed by atoms with Crippen molar-refractivity contribution >= 4 is 44.0 Å². The topological polar surface area (TPSA) is 265 Å². The van der Waals surface area contributed by atoms with Gasteiger partial charge in [0.1, 0.15) is 0 Å². The Kier molecular flexibility index (Phi) is 13.3. The molecule has 4 aromatic heterocycles. The summed E-state index contributed by atoms with van der Waals surface area (Å²) in [7, 11) is -4.78. The van der Waals surface area contributed by atoms with Gasteiger partial charge >= 0.3 is 24.4 Å². The Labute approximate surface area is 299 Å². The minimum atomic E-state index is -4.99. The third-order valence-corrected chi connectivity index (χ3v) is 8.34. The number of rotatable bonds is 10. The number of aromatic nitrogens is 6. The van der Waals surface area contributed by atoms with E-state index in [1.165, 1.54) is 50.0 Å². The molecule has 0 radical (unpaired) electrons. The minimum Gasteiger partial charge on any atom is -0.481 e. The normalized spacial score (nSPS) is 11.6. The fourth-order valence-corrected chi connectivity index (χ4v) is 5.70. The molecule has 0 saturated carbocycles. The van der Waals surface area contributed by atoms with Gasteiger partial charge in [0.05, 0.1) is 51.7 Å². The van der Waals surface area contributed by atoms with Gasteiger partial charge in [0.2, 0.25) is 35.4 Å². The molecule has 0 aliphatic rings. The molecule has 28 heteroatoms. The van der Waals surface area contributed by atoms with Crippen molar-refractivity contribution in [2.24, 2.45) is 0 Å². The number of carbonyl (C=O) groups excluding carboxylic acids is 2. The van der Waals surface area contributed by atoms with Crippen LogP contribution in [0, 0.1) is 0 Å². The van der Waals surface area contributed by atoms with E-state index in [1.807, 2.05) is 10.6 Å². The SMILES string of the molecule is COc1cc(OC)nc(NC(=O)NS(=O)(=O)c2ncccc2C(F)(F)F)n1.COc1cc(OC)nc(NC(=O)NS(=O)(=O)c2ncccc2C(F)(F)F)n1. The van der Waals surface area contributed by atoms with E-state index in [-0.39, 0.29) is 23.5 Å². The maximum Gasteiger partial charge on any atom is 0.419 e. The van der Waals surface area contributed by atoms with Crippen molar-refractivity contribution in [3.63, 3.8) is 0 Å². The van der Waals surface area contributed by atoms with E-state index in [4.69, 9.17) is 18.9 Å². The van der Waals surface area contributed by atoms with Crippen molar-refractivity contribution < 1.29 is 71.7 Å².